The van der Waals surface area contributed by atoms with Crippen molar-refractivity contribution in [3.8, 4) is 11.1 Å². The van der Waals surface area contributed by atoms with Crippen LogP contribution in [0.1, 0.15) is 42.5 Å². The van der Waals surface area contributed by atoms with Crippen LogP contribution in [-0.4, -0.2) is 35.5 Å². The van der Waals surface area contributed by atoms with E-state index in [9.17, 15) is 13.2 Å². The molecule has 1 aromatic heterocycles. The van der Waals surface area contributed by atoms with Gasteiger partial charge in [-0.15, -0.1) is 0 Å². The Morgan fingerprint density at radius 1 is 1.20 bits per heavy atom. The van der Waals surface area contributed by atoms with E-state index in [4.69, 9.17) is 0 Å². The summed E-state index contributed by atoms with van der Waals surface area (Å²) in [6.07, 6.45) is 5.45. The van der Waals surface area contributed by atoms with Crippen LogP contribution in [0.5, 0.6) is 0 Å². The summed E-state index contributed by atoms with van der Waals surface area (Å²) < 4.78 is 44.7. The molecule has 0 radical (unpaired) electrons. The summed E-state index contributed by atoms with van der Waals surface area (Å²) in [7, 11) is -1.95. The summed E-state index contributed by atoms with van der Waals surface area (Å²) in [5.74, 6) is -1.28. The maximum atomic E-state index is 15.5. The molecule has 1 heterocycles. The molecule has 1 N–H and O–H groups in total. The second-order valence-electron chi connectivity index (χ2n) is 7.75. The Bertz CT molecular complexity index is 1180. The molecule has 0 amide bonds. The summed E-state index contributed by atoms with van der Waals surface area (Å²) in [5, 5.41) is -0.490. The molecule has 6 nitrogen and oxygen atoms in total. The zero-order valence-corrected chi connectivity index (χ0v) is 17.6. The Morgan fingerprint density at radius 3 is 2.60 bits per heavy atom. The lowest BCUT2D eigenvalue weighted by atomic mass is 9.98. The molecule has 1 aliphatic rings. The third kappa shape index (κ3) is 3.89. The lowest BCUT2D eigenvalue weighted by Crippen LogP contribution is -2.38. The number of hydrogen-bond acceptors (Lipinski definition) is 4. The number of carbonyl (C=O) groups is 1. The normalized spacial score (nSPS) is 15.5. The van der Waals surface area contributed by atoms with Crippen molar-refractivity contribution in [2.75, 3.05) is 6.54 Å². The summed E-state index contributed by atoms with van der Waals surface area (Å²) in [4.78, 5) is 17.3. The van der Waals surface area contributed by atoms with Gasteiger partial charge >= 0.3 is 0 Å². The fourth-order valence-electron chi connectivity index (χ4n) is 4.13. The van der Waals surface area contributed by atoms with E-state index in [-0.39, 0.29) is 11.1 Å². The zero-order chi connectivity index (χ0) is 21.3. The van der Waals surface area contributed by atoms with Crippen LogP contribution in [0.4, 0.5) is 4.39 Å². The first-order valence-electron chi connectivity index (χ1n) is 10.1. The number of nitrogens with zero attached hydrogens (tertiary/aromatic N) is 2. The highest BCUT2D eigenvalue weighted by molar-refractivity contribution is 7.90. The van der Waals surface area contributed by atoms with Crippen LogP contribution in [-0.2, 0) is 17.1 Å². The van der Waals surface area contributed by atoms with E-state index in [1.807, 2.05) is 6.07 Å². The minimum atomic E-state index is -3.63. The number of hydrogen-bond donors (Lipinski definition) is 1. The van der Waals surface area contributed by atoms with Gasteiger partial charge < -0.3 is 4.57 Å². The number of benzene rings is 2. The Morgan fingerprint density at radius 2 is 1.90 bits per heavy atom. The van der Waals surface area contributed by atoms with Gasteiger partial charge in [0.05, 0.1) is 34.7 Å². The maximum absolute atomic E-state index is 15.5. The number of sulfonamides is 1. The van der Waals surface area contributed by atoms with Crippen molar-refractivity contribution >= 4 is 26.8 Å². The molecule has 158 valence electrons. The van der Waals surface area contributed by atoms with Crippen molar-refractivity contribution in [2.24, 2.45) is 7.05 Å². The van der Waals surface area contributed by atoms with E-state index in [2.05, 4.69) is 9.71 Å². The second-order valence-corrected chi connectivity index (χ2v) is 9.80. The number of fused-ring (bicyclic) bond motifs is 1. The summed E-state index contributed by atoms with van der Waals surface area (Å²) >= 11 is 0. The lowest BCUT2D eigenvalue weighted by Gasteiger charge is -2.22. The van der Waals surface area contributed by atoms with Crippen molar-refractivity contribution in [1.29, 1.82) is 0 Å². The molecule has 1 saturated carbocycles. The predicted octanol–water partition coefficient (Wildman–Crippen LogP) is 3.81. The molecular formula is C22H24FN3O3S. The van der Waals surface area contributed by atoms with Gasteiger partial charge in [-0.25, -0.2) is 22.5 Å². The SMILES string of the molecule is Cn1cnc2cc(-c3ccccc3)c(F)c(C(=O)CNS(=O)(=O)C3CCCCC3)c21. The van der Waals surface area contributed by atoms with Gasteiger partial charge in [0.2, 0.25) is 10.0 Å². The van der Waals surface area contributed by atoms with Gasteiger partial charge in [-0.2, -0.15) is 0 Å². The first-order valence-corrected chi connectivity index (χ1v) is 11.6. The van der Waals surface area contributed by atoms with Crippen LogP contribution in [0.3, 0.4) is 0 Å². The molecular weight excluding hydrogens is 405 g/mol. The van der Waals surface area contributed by atoms with E-state index in [1.54, 1.807) is 41.9 Å². The second kappa shape index (κ2) is 8.28. The van der Waals surface area contributed by atoms with Gasteiger partial charge in [0.15, 0.2) is 5.78 Å². The summed E-state index contributed by atoms with van der Waals surface area (Å²) in [6, 6.07) is 10.5. The molecule has 4 rings (SSSR count). The Balaban J connectivity index is 1.69. The summed E-state index contributed by atoms with van der Waals surface area (Å²) in [6.45, 7) is -0.478. The van der Waals surface area contributed by atoms with Crippen LogP contribution in [0.15, 0.2) is 42.7 Å². The topological polar surface area (TPSA) is 81.1 Å². The summed E-state index contributed by atoms with van der Waals surface area (Å²) in [5.41, 5.74) is 1.59. The molecule has 0 aliphatic heterocycles. The third-order valence-electron chi connectivity index (χ3n) is 5.73. The van der Waals surface area contributed by atoms with Crippen molar-refractivity contribution in [1.82, 2.24) is 14.3 Å². The molecule has 2 aromatic carbocycles. The zero-order valence-electron chi connectivity index (χ0n) is 16.8. The predicted molar refractivity (Wildman–Crippen MR) is 114 cm³/mol. The number of halogens is 1. The highest BCUT2D eigenvalue weighted by atomic mass is 32.2. The standard InChI is InChI=1S/C22H24FN3O3S/c1-26-14-24-18-12-17(15-8-4-2-5-9-15)21(23)20(22(18)26)19(27)13-25-30(28,29)16-10-6-3-7-11-16/h2,4-5,8-9,12,14,16,25H,3,6-7,10-11,13H2,1H3. The molecule has 8 heteroatoms. The fraction of sp³-hybridized carbons (Fsp3) is 0.364. The van der Waals surface area contributed by atoms with Crippen LogP contribution in [0, 0.1) is 5.82 Å². The molecule has 1 fully saturated rings. The minimum absolute atomic E-state index is 0.141. The van der Waals surface area contributed by atoms with Gasteiger partial charge in [-0.3, -0.25) is 4.79 Å². The van der Waals surface area contributed by atoms with E-state index in [0.29, 0.717) is 29.4 Å². The van der Waals surface area contributed by atoms with Gasteiger partial charge in [-0.1, -0.05) is 49.6 Å². The number of aromatic nitrogens is 2. The largest absolute Gasteiger partial charge is 0.333 e. The van der Waals surface area contributed by atoms with Crippen molar-refractivity contribution in [2.45, 2.75) is 37.4 Å². The number of ketones is 1. The number of rotatable bonds is 6. The number of imidazole rings is 1. The van der Waals surface area contributed by atoms with Gasteiger partial charge in [0.1, 0.15) is 5.82 Å². The molecule has 0 unspecified atom stereocenters. The molecule has 30 heavy (non-hydrogen) atoms. The van der Waals surface area contributed by atoms with Crippen molar-refractivity contribution in [3.63, 3.8) is 0 Å². The van der Waals surface area contributed by atoms with Crippen LogP contribution >= 0.6 is 0 Å². The quantitative estimate of drug-likeness (QED) is 0.604. The number of carbonyl (C=O) groups excluding carboxylic acids is 1. The van der Waals surface area contributed by atoms with E-state index in [1.165, 1.54) is 6.33 Å². The molecule has 0 atom stereocenters. The van der Waals surface area contributed by atoms with Gasteiger partial charge in [0, 0.05) is 12.6 Å². The van der Waals surface area contributed by atoms with Crippen LogP contribution in [0.2, 0.25) is 0 Å². The van der Waals surface area contributed by atoms with E-state index in [0.717, 1.165) is 19.3 Å². The average Bonchev–Trinajstić information content (AvgIpc) is 3.13. The average molecular weight is 430 g/mol. The number of Topliss-reactive ketones (excluding diaryl/α,β-unsaturated/α-hetero) is 1. The number of aryl methyl sites for hydroxylation is 1. The maximum Gasteiger partial charge on any atom is 0.214 e. The molecule has 0 bridgehead atoms. The molecule has 3 aromatic rings. The van der Waals surface area contributed by atoms with Crippen LogP contribution in [0.25, 0.3) is 22.2 Å². The fourth-order valence-corrected chi connectivity index (χ4v) is 5.65. The monoisotopic (exact) mass is 429 g/mol. The van der Waals surface area contributed by atoms with Crippen molar-refractivity contribution in [3.05, 3.63) is 54.1 Å². The minimum Gasteiger partial charge on any atom is -0.333 e. The third-order valence-corrected chi connectivity index (χ3v) is 7.62. The first kappa shape index (κ1) is 20.7. The Hall–Kier alpha value is -2.58. The Labute approximate surface area is 175 Å². The number of nitrogens with one attached hydrogen (secondary N) is 1. The molecule has 0 spiro atoms. The highest BCUT2D eigenvalue weighted by Crippen LogP contribution is 2.31. The van der Waals surface area contributed by atoms with Gasteiger partial charge in [0.25, 0.3) is 0 Å². The smallest absolute Gasteiger partial charge is 0.214 e. The Kier molecular flexibility index (Phi) is 5.71. The molecule has 0 saturated heterocycles. The van der Waals surface area contributed by atoms with E-state index >= 15 is 4.39 Å². The van der Waals surface area contributed by atoms with Gasteiger partial charge in [-0.05, 0) is 24.5 Å². The van der Waals surface area contributed by atoms with Crippen molar-refractivity contribution < 1.29 is 17.6 Å². The first-order chi connectivity index (χ1) is 14.4. The highest BCUT2D eigenvalue weighted by Gasteiger charge is 2.29. The van der Waals surface area contributed by atoms with E-state index < -0.39 is 33.4 Å². The lowest BCUT2D eigenvalue weighted by molar-refractivity contribution is 0.0994. The van der Waals surface area contributed by atoms with Crippen LogP contribution < -0.4 is 4.72 Å². The molecule has 1 aliphatic carbocycles.